The number of rotatable bonds is 6. The van der Waals surface area contributed by atoms with Gasteiger partial charge in [0, 0.05) is 37.6 Å². The quantitative estimate of drug-likeness (QED) is 0.701. The molecule has 1 N–H and O–H groups in total. The van der Waals surface area contributed by atoms with Gasteiger partial charge in [0.2, 0.25) is 11.9 Å². The summed E-state index contributed by atoms with van der Waals surface area (Å²) in [4.78, 5) is 23.9. The highest BCUT2D eigenvalue weighted by atomic mass is 16.1. The van der Waals surface area contributed by atoms with Crippen molar-refractivity contribution in [2.24, 2.45) is 5.92 Å². The Balaban J connectivity index is 1.32. The van der Waals surface area contributed by atoms with Crippen molar-refractivity contribution in [2.75, 3.05) is 24.5 Å². The third-order valence-electron chi connectivity index (χ3n) is 5.38. The number of benzene rings is 2. The van der Waals surface area contributed by atoms with Gasteiger partial charge in [-0.25, -0.2) is 9.97 Å². The number of anilines is 1. The number of carbonyl (C=O) groups is 1. The standard InChI is InChI=1S/C24H26N4O/c29-23(25-14-13-19-8-3-1-4-9-19)21-12-7-15-28(18-21)24-26-16-22(17-27-24)20-10-5-2-6-11-20/h1-6,8-11,16-17,21H,7,12-15,18H2,(H,25,29). The summed E-state index contributed by atoms with van der Waals surface area (Å²) < 4.78 is 0. The minimum absolute atomic E-state index is 0.0167. The predicted octanol–water partition coefficient (Wildman–Crippen LogP) is 3.72. The van der Waals surface area contributed by atoms with E-state index in [1.165, 1.54) is 5.56 Å². The van der Waals surface area contributed by atoms with Crippen LogP contribution in [0.3, 0.4) is 0 Å². The van der Waals surface area contributed by atoms with Gasteiger partial charge in [-0.05, 0) is 30.4 Å². The number of hydrogen-bond donors (Lipinski definition) is 1. The van der Waals surface area contributed by atoms with Crippen molar-refractivity contribution in [2.45, 2.75) is 19.3 Å². The molecule has 5 heteroatoms. The number of aromatic nitrogens is 2. The van der Waals surface area contributed by atoms with Crippen LogP contribution in [0.4, 0.5) is 5.95 Å². The van der Waals surface area contributed by atoms with Crippen LogP contribution in [0, 0.1) is 5.92 Å². The summed E-state index contributed by atoms with van der Waals surface area (Å²) in [5, 5.41) is 3.10. The Kier molecular flexibility index (Phi) is 6.15. The zero-order chi connectivity index (χ0) is 19.9. The first-order valence-corrected chi connectivity index (χ1v) is 10.2. The van der Waals surface area contributed by atoms with Gasteiger partial charge in [-0.15, -0.1) is 0 Å². The Morgan fingerprint density at radius 1 is 0.966 bits per heavy atom. The van der Waals surface area contributed by atoms with E-state index in [4.69, 9.17) is 0 Å². The number of amides is 1. The summed E-state index contributed by atoms with van der Waals surface area (Å²) in [5.74, 6) is 0.815. The molecule has 148 valence electrons. The van der Waals surface area contributed by atoms with Gasteiger partial charge in [0.1, 0.15) is 0 Å². The first-order valence-electron chi connectivity index (χ1n) is 10.2. The van der Waals surface area contributed by atoms with Crippen LogP contribution in [-0.2, 0) is 11.2 Å². The molecule has 2 aromatic carbocycles. The molecule has 1 atom stereocenters. The molecule has 0 radical (unpaired) electrons. The van der Waals surface area contributed by atoms with Gasteiger partial charge in [-0.3, -0.25) is 4.79 Å². The second-order valence-electron chi connectivity index (χ2n) is 7.45. The molecule has 1 aliphatic rings. The van der Waals surface area contributed by atoms with Crippen LogP contribution in [0.5, 0.6) is 0 Å². The SMILES string of the molecule is O=C(NCCc1ccccc1)C1CCCN(c2ncc(-c3ccccc3)cn2)C1. The molecule has 29 heavy (non-hydrogen) atoms. The molecule has 0 aliphatic carbocycles. The van der Waals surface area contributed by atoms with Crippen LogP contribution in [0.1, 0.15) is 18.4 Å². The molecular formula is C24H26N4O. The molecule has 1 aromatic heterocycles. The average molecular weight is 386 g/mol. The topological polar surface area (TPSA) is 58.1 Å². The summed E-state index contributed by atoms with van der Waals surface area (Å²) in [5.41, 5.74) is 3.35. The molecule has 1 amide bonds. The summed E-state index contributed by atoms with van der Waals surface area (Å²) >= 11 is 0. The molecule has 1 saturated heterocycles. The Morgan fingerprint density at radius 2 is 1.66 bits per heavy atom. The molecule has 5 nitrogen and oxygen atoms in total. The lowest BCUT2D eigenvalue weighted by Gasteiger charge is -2.32. The Hall–Kier alpha value is -3.21. The van der Waals surface area contributed by atoms with E-state index in [0.717, 1.165) is 36.9 Å². The molecule has 2 heterocycles. The summed E-state index contributed by atoms with van der Waals surface area (Å²) in [6.45, 7) is 2.22. The van der Waals surface area contributed by atoms with Crippen LogP contribution < -0.4 is 10.2 Å². The lowest BCUT2D eigenvalue weighted by molar-refractivity contribution is -0.125. The number of piperidine rings is 1. The zero-order valence-electron chi connectivity index (χ0n) is 16.5. The first-order chi connectivity index (χ1) is 14.3. The van der Waals surface area contributed by atoms with Gasteiger partial charge in [0.05, 0.1) is 5.92 Å². The van der Waals surface area contributed by atoms with E-state index in [1.807, 2.05) is 48.8 Å². The molecule has 0 spiro atoms. The van der Waals surface area contributed by atoms with Gasteiger partial charge >= 0.3 is 0 Å². The van der Waals surface area contributed by atoms with Crippen molar-refractivity contribution in [3.05, 3.63) is 78.6 Å². The molecule has 4 rings (SSSR count). The van der Waals surface area contributed by atoms with Crippen LogP contribution >= 0.6 is 0 Å². The highest BCUT2D eigenvalue weighted by Crippen LogP contribution is 2.22. The Morgan fingerprint density at radius 3 is 2.38 bits per heavy atom. The highest BCUT2D eigenvalue weighted by molar-refractivity contribution is 5.79. The maximum absolute atomic E-state index is 12.6. The Labute approximate surface area is 171 Å². The number of hydrogen-bond acceptors (Lipinski definition) is 4. The number of nitrogens with zero attached hydrogens (tertiary/aromatic N) is 3. The maximum Gasteiger partial charge on any atom is 0.225 e. The van der Waals surface area contributed by atoms with Gasteiger partial charge in [0.25, 0.3) is 0 Å². The van der Waals surface area contributed by atoms with E-state index in [1.54, 1.807) is 0 Å². The van der Waals surface area contributed by atoms with E-state index in [0.29, 0.717) is 19.0 Å². The normalized spacial score (nSPS) is 16.4. The van der Waals surface area contributed by atoms with Crippen LogP contribution in [0.15, 0.2) is 73.1 Å². The fourth-order valence-electron chi connectivity index (χ4n) is 3.76. The van der Waals surface area contributed by atoms with Crippen molar-refractivity contribution >= 4 is 11.9 Å². The molecular weight excluding hydrogens is 360 g/mol. The highest BCUT2D eigenvalue weighted by Gasteiger charge is 2.26. The second kappa shape index (κ2) is 9.32. The van der Waals surface area contributed by atoms with Gasteiger partial charge in [-0.1, -0.05) is 60.7 Å². The average Bonchev–Trinajstić information content (AvgIpc) is 2.80. The van der Waals surface area contributed by atoms with E-state index in [9.17, 15) is 4.79 Å². The summed E-state index contributed by atoms with van der Waals surface area (Å²) in [6.07, 6.45) is 6.46. The summed E-state index contributed by atoms with van der Waals surface area (Å²) in [6, 6.07) is 20.4. The van der Waals surface area contributed by atoms with Crippen LogP contribution in [0.2, 0.25) is 0 Å². The van der Waals surface area contributed by atoms with Gasteiger partial charge in [-0.2, -0.15) is 0 Å². The second-order valence-corrected chi connectivity index (χ2v) is 7.45. The van der Waals surface area contributed by atoms with E-state index < -0.39 is 0 Å². The van der Waals surface area contributed by atoms with Gasteiger partial charge in [0.15, 0.2) is 0 Å². The Bertz CT molecular complexity index is 913. The number of nitrogens with one attached hydrogen (secondary N) is 1. The van der Waals surface area contributed by atoms with E-state index >= 15 is 0 Å². The number of carbonyl (C=O) groups excluding carboxylic acids is 1. The maximum atomic E-state index is 12.6. The van der Waals surface area contributed by atoms with Crippen LogP contribution in [0.25, 0.3) is 11.1 Å². The van der Waals surface area contributed by atoms with Crippen molar-refractivity contribution in [1.29, 1.82) is 0 Å². The monoisotopic (exact) mass is 386 g/mol. The first kappa shape index (κ1) is 19.1. The largest absolute Gasteiger partial charge is 0.355 e. The minimum Gasteiger partial charge on any atom is -0.355 e. The zero-order valence-corrected chi connectivity index (χ0v) is 16.5. The fraction of sp³-hybridized carbons (Fsp3) is 0.292. The molecule has 0 saturated carbocycles. The van der Waals surface area contributed by atoms with Crippen molar-refractivity contribution in [3.8, 4) is 11.1 Å². The molecule has 1 aliphatic heterocycles. The minimum atomic E-state index is -0.0167. The van der Waals surface area contributed by atoms with Crippen molar-refractivity contribution < 1.29 is 4.79 Å². The third kappa shape index (κ3) is 4.99. The van der Waals surface area contributed by atoms with Crippen molar-refractivity contribution in [3.63, 3.8) is 0 Å². The molecule has 0 bridgehead atoms. The van der Waals surface area contributed by atoms with Crippen LogP contribution in [-0.4, -0.2) is 35.5 Å². The summed E-state index contributed by atoms with van der Waals surface area (Å²) in [7, 11) is 0. The van der Waals surface area contributed by atoms with Gasteiger partial charge < -0.3 is 10.2 Å². The molecule has 3 aromatic rings. The molecule has 1 unspecified atom stereocenters. The van der Waals surface area contributed by atoms with E-state index in [-0.39, 0.29) is 11.8 Å². The third-order valence-corrected chi connectivity index (χ3v) is 5.38. The van der Waals surface area contributed by atoms with E-state index in [2.05, 4.69) is 44.5 Å². The lowest BCUT2D eigenvalue weighted by Crippen LogP contribution is -2.44. The lowest BCUT2D eigenvalue weighted by atomic mass is 9.97. The van der Waals surface area contributed by atoms with Crippen molar-refractivity contribution in [1.82, 2.24) is 15.3 Å². The predicted molar refractivity (Wildman–Crippen MR) is 116 cm³/mol. The smallest absolute Gasteiger partial charge is 0.225 e. The molecule has 1 fully saturated rings. The fourth-order valence-corrected chi connectivity index (χ4v) is 3.76.